The number of nitrogens with two attached hydrogens (primary N) is 1. The van der Waals surface area contributed by atoms with E-state index in [0.29, 0.717) is 18.1 Å². The minimum Gasteiger partial charge on any atom is -0.376 e. The predicted octanol–water partition coefficient (Wildman–Crippen LogP) is 0.571. The van der Waals surface area contributed by atoms with Crippen LogP contribution in [0.25, 0.3) is 0 Å². The number of hydrogen-bond donors (Lipinski definition) is 1. The van der Waals surface area contributed by atoms with Crippen molar-refractivity contribution >= 4 is 9.84 Å². The van der Waals surface area contributed by atoms with E-state index in [1.54, 1.807) is 6.92 Å². The highest BCUT2D eigenvalue weighted by Gasteiger charge is 2.35. The first-order chi connectivity index (χ1) is 9.20. The molecule has 8 heteroatoms. The molecule has 0 spiro atoms. The highest BCUT2D eigenvalue weighted by molar-refractivity contribution is 7.91. The summed E-state index contributed by atoms with van der Waals surface area (Å²) in [5, 5.41) is 3.87. The van der Waals surface area contributed by atoms with Crippen LogP contribution in [-0.2, 0) is 20.1 Å². The van der Waals surface area contributed by atoms with Gasteiger partial charge < -0.3 is 15.0 Å². The summed E-state index contributed by atoms with van der Waals surface area (Å²) in [5.41, 5.74) is 5.27. The second-order valence-corrected chi connectivity index (χ2v) is 8.06. The lowest BCUT2D eigenvalue weighted by Gasteiger charge is -2.21. The van der Waals surface area contributed by atoms with E-state index in [9.17, 15) is 8.42 Å². The van der Waals surface area contributed by atoms with Crippen LogP contribution in [0, 0.1) is 0 Å². The summed E-state index contributed by atoms with van der Waals surface area (Å²) in [6, 6.07) is 0. The molecule has 114 valence electrons. The maximum absolute atomic E-state index is 11.5. The van der Waals surface area contributed by atoms with Crippen LogP contribution in [0.4, 0.5) is 0 Å². The predicted molar refractivity (Wildman–Crippen MR) is 72.9 cm³/mol. The van der Waals surface area contributed by atoms with Crippen LogP contribution in [0.3, 0.4) is 0 Å². The van der Waals surface area contributed by atoms with Crippen molar-refractivity contribution in [2.75, 3.05) is 18.1 Å². The van der Waals surface area contributed by atoms with Crippen molar-refractivity contribution in [3.8, 4) is 0 Å². The molecule has 1 aromatic heterocycles. The summed E-state index contributed by atoms with van der Waals surface area (Å²) in [6.07, 6.45) is 0.581. The second kappa shape index (κ2) is 5.42. The summed E-state index contributed by atoms with van der Waals surface area (Å²) in [6.45, 7) is 5.87. The maximum Gasteiger partial charge on any atom is 0.230 e. The van der Waals surface area contributed by atoms with Gasteiger partial charge in [-0.1, -0.05) is 5.16 Å². The Morgan fingerprint density at radius 1 is 1.55 bits per heavy atom. The average Bonchev–Trinajstić information content (AvgIpc) is 2.93. The van der Waals surface area contributed by atoms with Crippen LogP contribution in [0.5, 0.6) is 0 Å². The molecular formula is C12H21N3O4S. The lowest BCUT2D eigenvalue weighted by Crippen LogP contribution is -2.40. The molecule has 1 fully saturated rings. The van der Waals surface area contributed by atoms with Gasteiger partial charge in [-0.05, 0) is 27.2 Å². The molecule has 2 rings (SSSR count). The van der Waals surface area contributed by atoms with Gasteiger partial charge in [0.05, 0.1) is 30.1 Å². The Labute approximate surface area is 118 Å². The molecule has 2 atom stereocenters. The third-order valence-corrected chi connectivity index (χ3v) is 5.02. The van der Waals surface area contributed by atoms with Crippen LogP contribution in [0.1, 0.15) is 44.8 Å². The van der Waals surface area contributed by atoms with Crippen molar-refractivity contribution in [2.24, 2.45) is 5.73 Å². The molecule has 1 aliphatic heterocycles. The Hall–Kier alpha value is -0.990. The Morgan fingerprint density at radius 2 is 2.25 bits per heavy atom. The number of sulfone groups is 1. The van der Waals surface area contributed by atoms with Gasteiger partial charge in [0, 0.05) is 0 Å². The van der Waals surface area contributed by atoms with E-state index >= 15 is 0 Å². The van der Waals surface area contributed by atoms with Gasteiger partial charge in [-0.15, -0.1) is 0 Å². The van der Waals surface area contributed by atoms with E-state index in [-0.39, 0.29) is 30.1 Å². The van der Waals surface area contributed by atoms with Crippen LogP contribution in [0.15, 0.2) is 4.52 Å². The molecule has 0 aromatic carbocycles. The fourth-order valence-corrected chi connectivity index (χ4v) is 3.76. The van der Waals surface area contributed by atoms with Crippen molar-refractivity contribution < 1.29 is 17.7 Å². The van der Waals surface area contributed by atoms with E-state index in [2.05, 4.69) is 10.1 Å². The van der Waals surface area contributed by atoms with Gasteiger partial charge in [0.2, 0.25) is 5.89 Å². The first-order valence-electron chi connectivity index (χ1n) is 6.64. The van der Waals surface area contributed by atoms with E-state index in [4.69, 9.17) is 15.0 Å². The van der Waals surface area contributed by atoms with Crippen LogP contribution >= 0.6 is 0 Å². The zero-order valence-electron chi connectivity index (χ0n) is 12.0. The quantitative estimate of drug-likeness (QED) is 0.847. The molecule has 2 heterocycles. The van der Waals surface area contributed by atoms with Crippen molar-refractivity contribution in [2.45, 2.75) is 44.8 Å². The number of hydrogen-bond acceptors (Lipinski definition) is 7. The normalized spacial score (nSPS) is 24.9. The Bertz CT molecular complexity index is 565. The average molecular weight is 303 g/mol. The van der Waals surface area contributed by atoms with Crippen LogP contribution in [0.2, 0.25) is 0 Å². The molecule has 0 radical (unpaired) electrons. The number of nitrogens with zero attached hydrogens (tertiary/aromatic N) is 2. The molecule has 0 saturated carbocycles. The standard InChI is InChI=1S/C12H21N3O4S/c1-8(2)18-7-12(3,13)11-14-10(19-15-11)9-4-5-20(16,17)6-9/h8-9H,4-7,13H2,1-3H3. The zero-order valence-corrected chi connectivity index (χ0v) is 12.8. The van der Waals surface area contributed by atoms with E-state index < -0.39 is 15.4 Å². The van der Waals surface area contributed by atoms with Gasteiger partial charge in [0.25, 0.3) is 0 Å². The van der Waals surface area contributed by atoms with Crippen molar-refractivity contribution in [3.63, 3.8) is 0 Å². The summed E-state index contributed by atoms with van der Waals surface area (Å²) in [7, 11) is -2.98. The zero-order chi connectivity index (χ0) is 15.0. The highest BCUT2D eigenvalue weighted by atomic mass is 32.2. The largest absolute Gasteiger partial charge is 0.376 e. The number of rotatable bonds is 5. The molecule has 1 aromatic rings. The summed E-state index contributed by atoms with van der Waals surface area (Å²) < 4.78 is 33.6. The second-order valence-electron chi connectivity index (χ2n) is 5.83. The Morgan fingerprint density at radius 3 is 2.80 bits per heavy atom. The van der Waals surface area contributed by atoms with Crippen LogP contribution in [-0.4, -0.2) is 42.8 Å². The molecule has 0 aliphatic carbocycles. The molecule has 1 saturated heterocycles. The van der Waals surface area contributed by atoms with Crippen molar-refractivity contribution in [1.29, 1.82) is 0 Å². The molecule has 0 bridgehead atoms. The topological polar surface area (TPSA) is 108 Å². The van der Waals surface area contributed by atoms with E-state index in [0.717, 1.165) is 0 Å². The first-order valence-corrected chi connectivity index (χ1v) is 8.47. The Kier molecular flexibility index (Phi) is 4.17. The summed E-state index contributed by atoms with van der Waals surface area (Å²) in [4.78, 5) is 4.26. The van der Waals surface area contributed by atoms with Gasteiger partial charge in [-0.3, -0.25) is 0 Å². The molecule has 1 aliphatic rings. The summed E-state index contributed by atoms with van der Waals surface area (Å²) >= 11 is 0. The number of aromatic nitrogens is 2. The van der Waals surface area contributed by atoms with E-state index in [1.165, 1.54) is 0 Å². The fraction of sp³-hybridized carbons (Fsp3) is 0.833. The molecule has 7 nitrogen and oxygen atoms in total. The van der Waals surface area contributed by atoms with Crippen molar-refractivity contribution in [3.05, 3.63) is 11.7 Å². The monoisotopic (exact) mass is 303 g/mol. The molecule has 20 heavy (non-hydrogen) atoms. The molecule has 2 N–H and O–H groups in total. The first kappa shape index (κ1) is 15.4. The molecule has 0 amide bonds. The summed E-state index contributed by atoms with van der Waals surface area (Å²) in [5.74, 6) is 0.715. The maximum atomic E-state index is 11.5. The lowest BCUT2D eigenvalue weighted by atomic mass is 10.0. The van der Waals surface area contributed by atoms with E-state index in [1.807, 2.05) is 13.8 Å². The van der Waals surface area contributed by atoms with Gasteiger partial charge in [-0.2, -0.15) is 4.98 Å². The lowest BCUT2D eigenvalue weighted by molar-refractivity contribution is 0.0410. The van der Waals surface area contributed by atoms with Gasteiger partial charge in [0.15, 0.2) is 15.7 Å². The molecular weight excluding hydrogens is 282 g/mol. The van der Waals surface area contributed by atoms with Gasteiger partial charge in [-0.25, -0.2) is 8.42 Å². The van der Waals surface area contributed by atoms with Crippen LogP contribution < -0.4 is 5.73 Å². The van der Waals surface area contributed by atoms with Crippen molar-refractivity contribution in [1.82, 2.24) is 10.1 Å². The third kappa shape index (κ3) is 3.56. The fourth-order valence-electron chi connectivity index (χ4n) is 2.03. The number of ether oxygens (including phenoxy) is 1. The highest BCUT2D eigenvalue weighted by Crippen LogP contribution is 2.28. The third-order valence-electron chi connectivity index (χ3n) is 3.25. The smallest absolute Gasteiger partial charge is 0.230 e. The SMILES string of the molecule is CC(C)OCC(C)(N)c1noc(C2CCS(=O)(=O)C2)n1. The van der Waals surface area contributed by atoms with Gasteiger partial charge >= 0.3 is 0 Å². The van der Waals surface area contributed by atoms with Gasteiger partial charge in [0.1, 0.15) is 5.54 Å². The Balaban J connectivity index is 2.09. The minimum absolute atomic E-state index is 0.0595. The molecule has 2 unspecified atom stereocenters. The minimum atomic E-state index is -2.98.